The minimum Gasteiger partial charge on any atom is -0.484 e. The van der Waals surface area contributed by atoms with Gasteiger partial charge in [0.05, 0.1) is 19.3 Å². The number of rotatable bonds is 5. The van der Waals surface area contributed by atoms with Crippen LogP contribution in [0.25, 0.3) is 0 Å². The van der Waals surface area contributed by atoms with Crippen LogP contribution >= 0.6 is 0 Å². The number of carbonyl (C=O) groups excluding carboxylic acids is 2. The molecule has 2 heterocycles. The van der Waals surface area contributed by atoms with Crippen LogP contribution in [0.5, 0.6) is 5.75 Å². The first-order valence-corrected chi connectivity index (χ1v) is 11.3. The summed E-state index contributed by atoms with van der Waals surface area (Å²) in [7, 11) is 0. The Kier molecular flexibility index (Phi) is 5.83. The van der Waals surface area contributed by atoms with Gasteiger partial charge < -0.3 is 19.3 Å². The van der Waals surface area contributed by atoms with E-state index in [0.29, 0.717) is 38.6 Å². The molecule has 6 nitrogen and oxygen atoms in total. The van der Waals surface area contributed by atoms with E-state index in [1.54, 1.807) is 11.0 Å². The molecule has 1 atom stereocenters. The first-order valence-electron chi connectivity index (χ1n) is 11.3. The summed E-state index contributed by atoms with van der Waals surface area (Å²) >= 11 is 0. The fourth-order valence-electron chi connectivity index (χ4n) is 4.57. The van der Waals surface area contributed by atoms with Gasteiger partial charge in [-0.15, -0.1) is 0 Å². The molecular weight excluding hydrogens is 411 g/mol. The molecule has 2 aromatic rings. The highest BCUT2D eigenvalue weighted by molar-refractivity contribution is 5.82. The van der Waals surface area contributed by atoms with Crippen LogP contribution in [-0.2, 0) is 20.7 Å². The number of halogens is 1. The molecule has 1 aliphatic carbocycles. The summed E-state index contributed by atoms with van der Waals surface area (Å²) in [5.41, 5.74) is 2.81. The number of ether oxygens (including phenoxy) is 2. The Labute approximate surface area is 186 Å². The van der Waals surface area contributed by atoms with E-state index in [2.05, 4.69) is 0 Å². The molecular formula is C25H27FN2O4. The van der Waals surface area contributed by atoms with Crippen molar-refractivity contribution in [1.82, 2.24) is 9.80 Å². The van der Waals surface area contributed by atoms with Gasteiger partial charge in [-0.1, -0.05) is 18.2 Å². The van der Waals surface area contributed by atoms with Crippen molar-refractivity contribution in [3.63, 3.8) is 0 Å². The maximum absolute atomic E-state index is 14.1. The van der Waals surface area contributed by atoms with Crippen LogP contribution < -0.4 is 4.74 Å². The smallest absolute Gasteiger partial charge is 0.260 e. The van der Waals surface area contributed by atoms with Crippen molar-refractivity contribution < 1.29 is 23.5 Å². The quantitative estimate of drug-likeness (QED) is 0.720. The molecule has 3 aliphatic rings. The first-order chi connectivity index (χ1) is 15.6. The van der Waals surface area contributed by atoms with Crippen LogP contribution in [0, 0.1) is 11.7 Å². The number of morpholine rings is 1. The van der Waals surface area contributed by atoms with Crippen molar-refractivity contribution in [2.24, 2.45) is 5.92 Å². The van der Waals surface area contributed by atoms with Crippen molar-refractivity contribution in [3.05, 3.63) is 65.0 Å². The standard InChI is InChI=1S/C25H27FN2O4/c26-20-3-1-2-19(14-20)24-22-15-21(32-16-23(29)27-10-12-31-13-11-27)7-6-17(22)8-9-28(24)25(30)18-4-5-18/h1-3,6-7,14-15,18,24H,4-5,8-13,16H2. The van der Waals surface area contributed by atoms with E-state index in [0.717, 1.165) is 36.0 Å². The van der Waals surface area contributed by atoms with Gasteiger partial charge in [-0.2, -0.15) is 0 Å². The lowest BCUT2D eigenvalue weighted by molar-refractivity contribution is -0.137. The summed E-state index contributed by atoms with van der Waals surface area (Å²) in [6.07, 6.45) is 2.59. The molecule has 0 radical (unpaired) electrons. The molecule has 2 aliphatic heterocycles. The van der Waals surface area contributed by atoms with E-state index < -0.39 is 0 Å². The van der Waals surface area contributed by atoms with Crippen molar-refractivity contribution >= 4 is 11.8 Å². The zero-order valence-electron chi connectivity index (χ0n) is 18.0. The van der Waals surface area contributed by atoms with Gasteiger partial charge in [-0.3, -0.25) is 9.59 Å². The Balaban J connectivity index is 1.41. The lowest BCUT2D eigenvalue weighted by Crippen LogP contribution is -2.43. The topological polar surface area (TPSA) is 59.1 Å². The molecule has 1 saturated carbocycles. The second-order valence-corrected chi connectivity index (χ2v) is 8.66. The molecule has 168 valence electrons. The van der Waals surface area contributed by atoms with Gasteiger partial charge in [-0.25, -0.2) is 4.39 Å². The van der Waals surface area contributed by atoms with Crippen molar-refractivity contribution in [1.29, 1.82) is 0 Å². The maximum atomic E-state index is 14.1. The molecule has 0 N–H and O–H groups in total. The van der Waals surface area contributed by atoms with Gasteiger partial charge >= 0.3 is 0 Å². The summed E-state index contributed by atoms with van der Waals surface area (Å²) in [6, 6.07) is 11.9. The monoisotopic (exact) mass is 438 g/mol. The molecule has 2 amide bonds. The van der Waals surface area contributed by atoms with E-state index in [4.69, 9.17) is 9.47 Å². The molecule has 0 bridgehead atoms. The molecule has 0 aromatic heterocycles. The number of fused-ring (bicyclic) bond motifs is 1. The predicted octanol–water partition coefficient (Wildman–Crippen LogP) is 2.95. The molecule has 1 unspecified atom stereocenters. The molecule has 5 rings (SSSR count). The Morgan fingerprint density at radius 2 is 1.88 bits per heavy atom. The lowest BCUT2D eigenvalue weighted by Gasteiger charge is -2.38. The Morgan fingerprint density at radius 3 is 2.62 bits per heavy atom. The van der Waals surface area contributed by atoms with E-state index in [1.807, 2.05) is 29.2 Å². The third kappa shape index (κ3) is 4.35. The summed E-state index contributed by atoms with van der Waals surface area (Å²) in [6.45, 7) is 2.81. The molecule has 7 heteroatoms. The highest BCUT2D eigenvalue weighted by atomic mass is 19.1. The molecule has 32 heavy (non-hydrogen) atoms. The Bertz CT molecular complexity index is 1020. The predicted molar refractivity (Wildman–Crippen MR) is 116 cm³/mol. The van der Waals surface area contributed by atoms with Gasteiger partial charge in [-0.05, 0) is 60.2 Å². The van der Waals surface area contributed by atoms with Crippen LogP contribution in [0.15, 0.2) is 42.5 Å². The summed E-state index contributed by atoms with van der Waals surface area (Å²) in [5, 5.41) is 0. The van der Waals surface area contributed by atoms with Gasteiger partial charge in [0, 0.05) is 25.6 Å². The first kappa shape index (κ1) is 20.9. The van der Waals surface area contributed by atoms with Crippen LogP contribution in [0.1, 0.15) is 35.6 Å². The average molecular weight is 438 g/mol. The zero-order valence-corrected chi connectivity index (χ0v) is 18.0. The third-order valence-corrected chi connectivity index (χ3v) is 6.45. The largest absolute Gasteiger partial charge is 0.484 e. The SMILES string of the molecule is O=C(COc1ccc2c(c1)C(c1cccc(F)c1)N(C(=O)C1CC1)CC2)N1CCOCC1. The van der Waals surface area contributed by atoms with Crippen LogP contribution in [0.3, 0.4) is 0 Å². The van der Waals surface area contributed by atoms with Crippen molar-refractivity contribution in [2.75, 3.05) is 39.5 Å². The number of carbonyl (C=O) groups is 2. The van der Waals surface area contributed by atoms with Crippen molar-refractivity contribution in [2.45, 2.75) is 25.3 Å². The number of amides is 2. The molecule has 0 spiro atoms. The van der Waals surface area contributed by atoms with Gasteiger partial charge in [0.15, 0.2) is 6.61 Å². The zero-order chi connectivity index (χ0) is 22.1. The number of hydrogen-bond acceptors (Lipinski definition) is 4. The minimum absolute atomic E-state index is 0.0475. The van der Waals surface area contributed by atoms with Crippen LogP contribution in [0.2, 0.25) is 0 Å². The molecule has 2 aromatic carbocycles. The fraction of sp³-hybridized carbons (Fsp3) is 0.440. The summed E-state index contributed by atoms with van der Waals surface area (Å²) in [4.78, 5) is 29.1. The fourth-order valence-corrected chi connectivity index (χ4v) is 4.57. The maximum Gasteiger partial charge on any atom is 0.260 e. The number of nitrogens with zero attached hydrogens (tertiary/aromatic N) is 2. The van der Waals surface area contributed by atoms with Crippen molar-refractivity contribution in [3.8, 4) is 5.75 Å². The summed E-state index contributed by atoms with van der Waals surface area (Å²) < 4.78 is 25.2. The highest BCUT2D eigenvalue weighted by Gasteiger charge is 2.39. The van der Waals surface area contributed by atoms with E-state index in [9.17, 15) is 14.0 Å². The minimum atomic E-state index is -0.360. The number of hydrogen-bond donors (Lipinski definition) is 0. The Morgan fingerprint density at radius 1 is 1.06 bits per heavy atom. The van der Waals surface area contributed by atoms with Gasteiger partial charge in [0.1, 0.15) is 11.6 Å². The normalized spacial score (nSPS) is 20.6. The molecule has 2 fully saturated rings. The van der Waals surface area contributed by atoms with Crippen LogP contribution in [0.4, 0.5) is 4.39 Å². The lowest BCUT2D eigenvalue weighted by atomic mass is 9.87. The summed E-state index contributed by atoms with van der Waals surface area (Å²) in [5.74, 6) is 0.402. The van der Waals surface area contributed by atoms with Crippen LogP contribution in [-0.4, -0.2) is 61.1 Å². The number of benzene rings is 2. The average Bonchev–Trinajstić information content (AvgIpc) is 3.67. The highest BCUT2D eigenvalue weighted by Crippen LogP contribution is 2.41. The third-order valence-electron chi connectivity index (χ3n) is 6.45. The van der Waals surface area contributed by atoms with E-state index in [1.165, 1.54) is 12.1 Å². The van der Waals surface area contributed by atoms with E-state index in [-0.39, 0.29) is 36.2 Å². The second-order valence-electron chi connectivity index (χ2n) is 8.66. The van der Waals surface area contributed by atoms with E-state index >= 15 is 0 Å². The van der Waals surface area contributed by atoms with Gasteiger partial charge in [0.25, 0.3) is 5.91 Å². The second kappa shape index (κ2) is 8.90. The Hall–Kier alpha value is -2.93. The molecule has 1 saturated heterocycles. The van der Waals surface area contributed by atoms with Gasteiger partial charge in [0.2, 0.25) is 5.91 Å².